The summed E-state index contributed by atoms with van der Waals surface area (Å²) >= 11 is 0. The maximum atomic E-state index is 12.9. The van der Waals surface area contributed by atoms with Crippen molar-refractivity contribution in [1.82, 2.24) is 10.6 Å². The fourth-order valence-corrected chi connectivity index (χ4v) is 4.16. The summed E-state index contributed by atoms with van der Waals surface area (Å²) in [5.41, 5.74) is 1.46. The van der Waals surface area contributed by atoms with Crippen LogP contribution in [0.3, 0.4) is 0 Å². The van der Waals surface area contributed by atoms with E-state index in [-0.39, 0.29) is 17.0 Å². The molecule has 1 aliphatic heterocycles. The van der Waals surface area contributed by atoms with Crippen molar-refractivity contribution >= 4 is 5.97 Å². The molecule has 2 rings (SSSR count). The Balaban J connectivity index is 2.26. The minimum atomic E-state index is -0.668. The number of carbonyl (C=O) groups is 1. The van der Waals surface area contributed by atoms with Gasteiger partial charge in [-0.1, -0.05) is 29.8 Å². The highest BCUT2D eigenvalue weighted by atomic mass is 16.5. The van der Waals surface area contributed by atoms with Crippen LogP contribution >= 0.6 is 0 Å². The van der Waals surface area contributed by atoms with E-state index in [9.17, 15) is 4.79 Å². The van der Waals surface area contributed by atoms with Gasteiger partial charge in [-0.2, -0.15) is 0 Å². The molecule has 24 heavy (non-hydrogen) atoms. The quantitative estimate of drug-likeness (QED) is 0.812. The molecular weight excluding hydrogens is 300 g/mol. The Hall–Kier alpha value is -1.39. The van der Waals surface area contributed by atoms with Crippen LogP contribution in [0.25, 0.3) is 0 Å². The maximum absolute atomic E-state index is 12.9. The molecule has 4 heteroatoms. The summed E-state index contributed by atoms with van der Waals surface area (Å²) in [4.78, 5) is 12.9. The van der Waals surface area contributed by atoms with Gasteiger partial charge in [0.15, 0.2) is 0 Å². The van der Waals surface area contributed by atoms with Gasteiger partial charge in [0, 0.05) is 17.6 Å². The predicted octanol–water partition coefficient (Wildman–Crippen LogP) is 3.33. The van der Waals surface area contributed by atoms with Gasteiger partial charge in [-0.05, 0) is 59.9 Å². The molecular formula is C20H32N2O2. The Morgan fingerprint density at radius 1 is 1.12 bits per heavy atom. The van der Waals surface area contributed by atoms with Gasteiger partial charge in [0.25, 0.3) is 0 Å². The molecule has 0 bridgehead atoms. The summed E-state index contributed by atoms with van der Waals surface area (Å²) in [6, 6.07) is 8.42. The van der Waals surface area contributed by atoms with Gasteiger partial charge in [-0.15, -0.1) is 0 Å². The molecule has 1 saturated heterocycles. The number of carbonyl (C=O) groups excluding carboxylic acids is 1. The van der Waals surface area contributed by atoms with Crippen LogP contribution < -0.4 is 10.6 Å². The van der Waals surface area contributed by atoms with Gasteiger partial charge in [0.2, 0.25) is 0 Å². The van der Waals surface area contributed by atoms with Crippen LogP contribution in [0.15, 0.2) is 24.3 Å². The molecule has 0 unspecified atom stereocenters. The lowest BCUT2D eigenvalue weighted by molar-refractivity contribution is -0.156. The zero-order chi connectivity index (χ0) is 18.0. The van der Waals surface area contributed by atoms with Crippen molar-refractivity contribution in [2.45, 2.75) is 77.5 Å². The SMILES string of the molecule is CCOC(=O)C1(NCc2ccc(C)cc2)CC(C)(C)NC(C)(C)C1. The standard InChI is InChI=1S/C20H32N2O2/c1-7-24-17(23)20(13-18(3,4)22-19(5,6)14-20)21-12-16-10-8-15(2)9-11-16/h8-11,21-22H,7,12-14H2,1-6H3. The fourth-order valence-electron chi connectivity index (χ4n) is 4.16. The summed E-state index contributed by atoms with van der Waals surface area (Å²) in [6.45, 7) is 13.6. The van der Waals surface area contributed by atoms with Crippen molar-refractivity contribution in [1.29, 1.82) is 0 Å². The van der Waals surface area contributed by atoms with Crippen molar-refractivity contribution < 1.29 is 9.53 Å². The highest BCUT2D eigenvalue weighted by molar-refractivity contribution is 5.81. The lowest BCUT2D eigenvalue weighted by atomic mass is 9.70. The van der Waals surface area contributed by atoms with Crippen LogP contribution in [0.4, 0.5) is 0 Å². The number of ether oxygens (including phenoxy) is 1. The molecule has 0 spiro atoms. The van der Waals surface area contributed by atoms with Crippen LogP contribution in [0.1, 0.15) is 58.6 Å². The molecule has 1 fully saturated rings. The van der Waals surface area contributed by atoms with Gasteiger partial charge in [-0.3, -0.25) is 10.1 Å². The van der Waals surface area contributed by atoms with E-state index in [4.69, 9.17) is 4.74 Å². The second kappa shape index (κ2) is 6.85. The molecule has 0 saturated carbocycles. The van der Waals surface area contributed by atoms with E-state index in [2.05, 4.69) is 69.5 Å². The molecule has 0 aromatic heterocycles. The second-order valence-electron chi connectivity index (χ2n) is 8.39. The summed E-state index contributed by atoms with van der Waals surface area (Å²) < 4.78 is 5.45. The molecule has 0 radical (unpaired) electrons. The van der Waals surface area contributed by atoms with Crippen molar-refractivity contribution in [3.63, 3.8) is 0 Å². The third kappa shape index (κ3) is 4.58. The highest BCUT2D eigenvalue weighted by Crippen LogP contribution is 2.37. The van der Waals surface area contributed by atoms with Gasteiger partial charge in [0.05, 0.1) is 6.61 Å². The second-order valence-corrected chi connectivity index (χ2v) is 8.39. The van der Waals surface area contributed by atoms with E-state index in [1.807, 2.05) is 6.92 Å². The number of rotatable bonds is 5. The fraction of sp³-hybridized carbons (Fsp3) is 0.650. The van der Waals surface area contributed by atoms with E-state index >= 15 is 0 Å². The number of piperidine rings is 1. The first-order valence-electron chi connectivity index (χ1n) is 8.85. The molecule has 1 aromatic carbocycles. The number of nitrogens with one attached hydrogen (secondary N) is 2. The van der Waals surface area contributed by atoms with E-state index in [0.29, 0.717) is 26.0 Å². The van der Waals surface area contributed by atoms with Crippen molar-refractivity contribution in [3.8, 4) is 0 Å². The lowest BCUT2D eigenvalue weighted by Crippen LogP contribution is -2.70. The lowest BCUT2D eigenvalue weighted by Gasteiger charge is -2.51. The first-order valence-corrected chi connectivity index (χ1v) is 8.85. The normalized spacial score (nSPS) is 21.2. The smallest absolute Gasteiger partial charge is 0.326 e. The molecule has 1 aromatic rings. The minimum absolute atomic E-state index is 0.139. The van der Waals surface area contributed by atoms with E-state index in [0.717, 1.165) is 0 Å². The molecule has 1 aliphatic rings. The zero-order valence-corrected chi connectivity index (χ0v) is 16.0. The molecule has 0 aliphatic carbocycles. The minimum Gasteiger partial charge on any atom is -0.465 e. The molecule has 134 valence electrons. The van der Waals surface area contributed by atoms with E-state index in [1.165, 1.54) is 11.1 Å². The molecule has 1 heterocycles. The average molecular weight is 332 g/mol. The first kappa shape index (κ1) is 18.9. The Morgan fingerprint density at radius 3 is 2.17 bits per heavy atom. The number of hydrogen-bond donors (Lipinski definition) is 2. The third-order valence-corrected chi connectivity index (χ3v) is 4.58. The zero-order valence-electron chi connectivity index (χ0n) is 16.0. The largest absolute Gasteiger partial charge is 0.465 e. The first-order chi connectivity index (χ1) is 11.1. The molecule has 0 atom stereocenters. The van der Waals surface area contributed by atoms with Crippen molar-refractivity contribution in [2.24, 2.45) is 0 Å². The molecule has 4 nitrogen and oxygen atoms in total. The Morgan fingerprint density at radius 2 is 1.67 bits per heavy atom. The van der Waals surface area contributed by atoms with Gasteiger partial charge in [-0.25, -0.2) is 0 Å². The maximum Gasteiger partial charge on any atom is 0.326 e. The van der Waals surface area contributed by atoms with Crippen molar-refractivity contribution in [3.05, 3.63) is 35.4 Å². The topological polar surface area (TPSA) is 50.4 Å². The average Bonchev–Trinajstić information content (AvgIpc) is 2.43. The highest BCUT2D eigenvalue weighted by Gasteiger charge is 2.52. The molecule has 2 N–H and O–H groups in total. The summed E-state index contributed by atoms with van der Waals surface area (Å²) in [6.07, 6.45) is 1.41. The van der Waals surface area contributed by atoms with Crippen LogP contribution in [0.5, 0.6) is 0 Å². The van der Waals surface area contributed by atoms with Gasteiger partial charge in [0.1, 0.15) is 5.54 Å². The Kier molecular flexibility index (Phi) is 5.41. The predicted molar refractivity (Wildman–Crippen MR) is 97.9 cm³/mol. The van der Waals surface area contributed by atoms with Crippen molar-refractivity contribution in [2.75, 3.05) is 6.61 Å². The number of benzene rings is 1. The van der Waals surface area contributed by atoms with Gasteiger partial charge >= 0.3 is 5.97 Å². The summed E-state index contributed by atoms with van der Waals surface area (Å²) in [5.74, 6) is -0.139. The Labute approximate surface area is 146 Å². The van der Waals surface area contributed by atoms with Crippen LogP contribution in [-0.2, 0) is 16.1 Å². The summed E-state index contributed by atoms with van der Waals surface area (Å²) in [7, 11) is 0. The van der Waals surface area contributed by atoms with Crippen LogP contribution in [0, 0.1) is 6.92 Å². The van der Waals surface area contributed by atoms with Crippen LogP contribution in [0.2, 0.25) is 0 Å². The molecule has 0 amide bonds. The monoisotopic (exact) mass is 332 g/mol. The van der Waals surface area contributed by atoms with Gasteiger partial charge < -0.3 is 10.1 Å². The third-order valence-electron chi connectivity index (χ3n) is 4.58. The number of aryl methyl sites for hydroxylation is 1. The van der Waals surface area contributed by atoms with E-state index in [1.54, 1.807) is 0 Å². The summed E-state index contributed by atoms with van der Waals surface area (Å²) in [5, 5.41) is 7.19. The van der Waals surface area contributed by atoms with Crippen LogP contribution in [-0.4, -0.2) is 29.2 Å². The number of hydrogen-bond acceptors (Lipinski definition) is 4. The van der Waals surface area contributed by atoms with E-state index < -0.39 is 5.54 Å². The Bertz CT molecular complexity index is 560. The number of esters is 1.